The molecule has 3 aliphatic heterocycles. The maximum absolute atomic E-state index is 12.9. The number of carbonyl (C=O) groups is 1. The van der Waals surface area contributed by atoms with Crippen LogP contribution in [0.4, 0.5) is 0 Å². The van der Waals surface area contributed by atoms with Crippen LogP contribution >= 0.6 is 0 Å². The maximum atomic E-state index is 12.9. The molecule has 0 unspecified atom stereocenters. The van der Waals surface area contributed by atoms with E-state index in [9.17, 15) is 4.79 Å². The van der Waals surface area contributed by atoms with Gasteiger partial charge in [0.15, 0.2) is 0 Å². The predicted octanol–water partition coefficient (Wildman–Crippen LogP) is 3.79. The summed E-state index contributed by atoms with van der Waals surface area (Å²) in [4.78, 5) is 19.7. The quantitative estimate of drug-likeness (QED) is 0.561. The smallest absolute Gasteiger partial charge is 0.310 e. The molecule has 1 aromatic rings. The van der Waals surface area contributed by atoms with Gasteiger partial charge in [0.25, 0.3) is 0 Å². The van der Waals surface area contributed by atoms with E-state index in [0.717, 1.165) is 51.9 Å². The molecular formula is C25H34N2O3. The van der Waals surface area contributed by atoms with Gasteiger partial charge >= 0.3 is 5.97 Å². The minimum absolute atomic E-state index is 0.0484. The average molecular weight is 411 g/mol. The van der Waals surface area contributed by atoms with Crippen molar-refractivity contribution < 1.29 is 14.3 Å². The average Bonchev–Trinajstić information content (AvgIpc) is 3.46. The van der Waals surface area contributed by atoms with E-state index >= 15 is 0 Å². The first-order valence-electron chi connectivity index (χ1n) is 12.0. The highest BCUT2D eigenvalue weighted by atomic mass is 16.6. The van der Waals surface area contributed by atoms with Gasteiger partial charge in [0, 0.05) is 24.9 Å². The molecule has 1 aromatic heterocycles. The van der Waals surface area contributed by atoms with Crippen molar-refractivity contribution in [1.29, 1.82) is 0 Å². The number of fused-ring (bicyclic) bond motifs is 3. The van der Waals surface area contributed by atoms with Crippen LogP contribution in [-0.2, 0) is 14.3 Å². The van der Waals surface area contributed by atoms with Crippen LogP contribution in [0.15, 0.2) is 24.5 Å². The summed E-state index contributed by atoms with van der Waals surface area (Å²) in [5.74, 6) is 1.70. The normalized spacial score (nSPS) is 43.8. The zero-order valence-corrected chi connectivity index (χ0v) is 18.1. The molecule has 0 aromatic carbocycles. The number of esters is 1. The van der Waals surface area contributed by atoms with E-state index < -0.39 is 0 Å². The SMILES string of the molecule is C[C@]12CCC[C@]3(CO3)[C@@H]1C[C@H]1[C@H](CN3CCC(c4cccnc4)CC3)C(=O)O[C@@H]1C2. The van der Waals surface area contributed by atoms with Crippen molar-refractivity contribution in [2.45, 2.75) is 69.5 Å². The first-order chi connectivity index (χ1) is 14.6. The van der Waals surface area contributed by atoms with E-state index in [1.807, 2.05) is 18.5 Å². The molecule has 6 atom stereocenters. The fraction of sp³-hybridized carbons (Fsp3) is 0.760. The number of ether oxygens (including phenoxy) is 2. The van der Waals surface area contributed by atoms with Crippen molar-refractivity contribution in [2.75, 3.05) is 26.2 Å². The fourth-order valence-corrected chi connectivity index (χ4v) is 7.51. The first kappa shape index (κ1) is 19.2. The highest BCUT2D eigenvalue weighted by molar-refractivity contribution is 5.75. The van der Waals surface area contributed by atoms with Gasteiger partial charge < -0.3 is 14.4 Å². The molecule has 5 fully saturated rings. The molecule has 5 aliphatic rings. The van der Waals surface area contributed by atoms with Crippen molar-refractivity contribution in [3.05, 3.63) is 30.1 Å². The van der Waals surface area contributed by atoms with E-state index in [4.69, 9.17) is 9.47 Å². The van der Waals surface area contributed by atoms with Crippen LogP contribution in [0.5, 0.6) is 0 Å². The number of piperidine rings is 1. The molecule has 0 amide bonds. The van der Waals surface area contributed by atoms with Crippen molar-refractivity contribution in [3.63, 3.8) is 0 Å². The Balaban J connectivity index is 1.12. The lowest BCUT2D eigenvalue weighted by molar-refractivity contribution is -0.147. The Morgan fingerprint density at radius 1 is 1.27 bits per heavy atom. The molecular weight excluding hydrogens is 376 g/mol. The summed E-state index contributed by atoms with van der Waals surface area (Å²) in [5, 5.41) is 0. The Labute approximate surface area is 179 Å². The Kier molecular flexibility index (Phi) is 4.51. The van der Waals surface area contributed by atoms with Gasteiger partial charge in [-0.2, -0.15) is 0 Å². The van der Waals surface area contributed by atoms with Gasteiger partial charge in [-0.25, -0.2) is 0 Å². The summed E-state index contributed by atoms with van der Waals surface area (Å²) in [6.07, 6.45) is 12.2. The Hall–Kier alpha value is -1.46. The lowest BCUT2D eigenvalue weighted by Gasteiger charge is -2.51. The van der Waals surface area contributed by atoms with E-state index in [0.29, 0.717) is 17.8 Å². The summed E-state index contributed by atoms with van der Waals surface area (Å²) in [6, 6.07) is 4.24. The first-order valence-corrected chi connectivity index (χ1v) is 12.0. The molecule has 0 bridgehead atoms. The maximum Gasteiger partial charge on any atom is 0.310 e. The standard InChI is InChI=1S/C25H34N2O3/c1-24-7-3-8-25(16-29-25)22(24)12-19-20(23(28)30-21(19)13-24)15-27-10-5-17(6-11-27)18-4-2-9-26-14-18/h2,4,9,14,17,19-22H,3,5-8,10-13,15-16H2,1H3/t19-,20-,21+,22+,24+,25-/m0/s1. The summed E-state index contributed by atoms with van der Waals surface area (Å²) >= 11 is 0. The van der Waals surface area contributed by atoms with E-state index in [1.165, 1.54) is 24.8 Å². The topological polar surface area (TPSA) is 55.0 Å². The van der Waals surface area contributed by atoms with Gasteiger partial charge in [0.1, 0.15) is 6.10 Å². The summed E-state index contributed by atoms with van der Waals surface area (Å²) in [5.41, 5.74) is 1.78. The van der Waals surface area contributed by atoms with Gasteiger partial charge in [0.2, 0.25) is 0 Å². The molecule has 6 rings (SSSR count). The van der Waals surface area contributed by atoms with Gasteiger partial charge in [-0.05, 0) is 86.9 Å². The van der Waals surface area contributed by atoms with Crippen LogP contribution in [0, 0.1) is 23.2 Å². The molecule has 5 heteroatoms. The van der Waals surface area contributed by atoms with E-state index in [2.05, 4.69) is 22.9 Å². The third-order valence-electron chi connectivity index (χ3n) is 9.28. The third kappa shape index (κ3) is 3.12. The predicted molar refractivity (Wildman–Crippen MR) is 113 cm³/mol. The van der Waals surface area contributed by atoms with Crippen LogP contribution in [0.25, 0.3) is 0 Å². The highest BCUT2D eigenvalue weighted by Crippen LogP contribution is 2.62. The third-order valence-corrected chi connectivity index (χ3v) is 9.28. The van der Waals surface area contributed by atoms with Crippen LogP contribution in [0.1, 0.15) is 63.4 Å². The van der Waals surface area contributed by atoms with Crippen molar-refractivity contribution >= 4 is 5.97 Å². The Bertz CT molecular complexity index is 802. The number of aromatic nitrogens is 1. The lowest BCUT2D eigenvalue weighted by atomic mass is 9.53. The van der Waals surface area contributed by atoms with Crippen molar-refractivity contribution in [2.24, 2.45) is 23.2 Å². The van der Waals surface area contributed by atoms with Gasteiger partial charge in [-0.3, -0.25) is 9.78 Å². The van der Waals surface area contributed by atoms with Crippen LogP contribution < -0.4 is 0 Å². The monoisotopic (exact) mass is 410 g/mol. The zero-order valence-electron chi connectivity index (χ0n) is 18.1. The number of likely N-dealkylation sites (tertiary alicyclic amines) is 1. The Morgan fingerprint density at radius 3 is 2.83 bits per heavy atom. The van der Waals surface area contributed by atoms with Gasteiger partial charge in [-0.1, -0.05) is 13.0 Å². The highest BCUT2D eigenvalue weighted by Gasteiger charge is 2.65. The minimum Gasteiger partial charge on any atom is -0.462 e. The molecule has 162 valence electrons. The molecule has 0 N–H and O–H groups in total. The minimum atomic E-state index is 0.0484. The molecule has 5 nitrogen and oxygen atoms in total. The number of hydrogen-bond acceptors (Lipinski definition) is 5. The Morgan fingerprint density at radius 2 is 2.10 bits per heavy atom. The fourth-order valence-electron chi connectivity index (χ4n) is 7.51. The lowest BCUT2D eigenvalue weighted by Crippen LogP contribution is -2.51. The molecule has 0 radical (unpaired) electrons. The summed E-state index contributed by atoms with van der Waals surface area (Å²) in [7, 11) is 0. The second-order valence-electron chi connectivity index (χ2n) is 11.0. The molecule has 3 saturated heterocycles. The number of hydrogen-bond donors (Lipinski definition) is 0. The van der Waals surface area contributed by atoms with Crippen molar-refractivity contribution in [3.8, 4) is 0 Å². The number of epoxide rings is 1. The van der Waals surface area contributed by atoms with Gasteiger partial charge in [0.05, 0.1) is 18.1 Å². The second-order valence-corrected chi connectivity index (χ2v) is 11.0. The van der Waals surface area contributed by atoms with Crippen LogP contribution in [0.3, 0.4) is 0 Å². The molecule has 2 aliphatic carbocycles. The number of carbonyl (C=O) groups excluding carboxylic acids is 1. The largest absolute Gasteiger partial charge is 0.462 e. The summed E-state index contributed by atoms with van der Waals surface area (Å²) < 4.78 is 12.0. The number of pyridine rings is 1. The van der Waals surface area contributed by atoms with Gasteiger partial charge in [-0.15, -0.1) is 0 Å². The van der Waals surface area contributed by atoms with Crippen LogP contribution in [-0.4, -0.2) is 53.8 Å². The number of nitrogens with zero attached hydrogens (tertiary/aromatic N) is 2. The zero-order chi connectivity index (χ0) is 20.3. The molecule has 30 heavy (non-hydrogen) atoms. The molecule has 1 spiro atoms. The van der Waals surface area contributed by atoms with Crippen LogP contribution in [0.2, 0.25) is 0 Å². The molecule has 2 saturated carbocycles. The molecule has 4 heterocycles. The van der Waals surface area contributed by atoms with Crippen molar-refractivity contribution in [1.82, 2.24) is 9.88 Å². The van der Waals surface area contributed by atoms with E-state index in [1.54, 1.807) is 0 Å². The second kappa shape index (κ2) is 7.03. The number of rotatable bonds is 3. The van der Waals surface area contributed by atoms with E-state index in [-0.39, 0.29) is 29.0 Å². The summed E-state index contributed by atoms with van der Waals surface area (Å²) in [6.45, 7) is 6.37.